The van der Waals surface area contributed by atoms with Gasteiger partial charge in [-0.3, -0.25) is 4.79 Å². The molecule has 4 heteroatoms. The van der Waals surface area contributed by atoms with Crippen molar-refractivity contribution in [2.24, 2.45) is 0 Å². The van der Waals surface area contributed by atoms with E-state index in [2.05, 4.69) is 15.3 Å². The zero-order chi connectivity index (χ0) is 10.1. The first-order valence-electron chi connectivity index (χ1n) is 4.38. The topological polar surface area (TPSA) is 54.9 Å². The first kappa shape index (κ1) is 11.6. The number of nitrogens with one attached hydrogen (secondary N) is 1. The van der Waals surface area contributed by atoms with Crippen molar-refractivity contribution in [3.63, 3.8) is 0 Å². The Labute approximate surface area is 78.4 Å². The Kier molecular flexibility index (Phi) is 6.41. The zero-order valence-corrected chi connectivity index (χ0v) is 8.24. The second-order valence-corrected chi connectivity index (χ2v) is 2.00. The molecular weight excluding hydrogens is 166 g/mol. The Balaban J connectivity index is 0.000000671. The minimum absolute atomic E-state index is 0.0382. The van der Waals surface area contributed by atoms with E-state index < -0.39 is 0 Å². The summed E-state index contributed by atoms with van der Waals surface area (Å²) in [6.45, 7) is 5.79. The molecule has 1 heterocycles. The Hall–Kier alpha value is -1.45. The van der Waals surface area contributed by atoms with Gasteiger partial charge < -0.3 is 5.32 Å². The Morgan fingerprint density at radius 2 is 2.23 bits per heavy atom. The van der Waals surface area contributed by atoms with Gasteiger partial charge in [-0.15, -0.1) is 0 Å². The molecule has 1 amide bonds. The van der Waals surface area contributed by atoms with E-state index >= 15 is 0 Å². The van der Waals surface area contributed by atoms with Crippen LogP contribution in [-0.2, 0) is 4.79 Å². The fraction of sp³-hybridized carbons (Fsp3) is 0.444. The van der Waals surface area contributed by atoms with Gasteiger partial charge in [-0.2, -0.15) is 0 Å². The minimum atomic E-state index is -0.0382. The third-order valence-electron chi connectivity index (χ3n) is 1.17. The van der Waals surface area contributed by atoms with Gasteiger partial charge in [-0.25, -0.2) is 9.97 Å². The van der Waals surface area contributed by atoms with Gasteiger partial charge in [-0.05, 0) is 6.07 Å². The zero-order valence-electron chi connectivity index (χ0n) is 8.24. The average Bonchev–Trinajstić information content (AvgIpc) is 2.22. The molecule has 0 fully saturated rings. The fourth-order valence-corrected chi connectivity index (χ4v) is 0.596. The summed E-state index contributed by atoms with van der Waals surface area (Å²) < 4.78 is 0. The molecule has 13 heavy (non-hydrogen) atoms. The third-order valence-corrected chi connectivity index (χ3v) is 1.17. The van der Waals surface area contributed by atoms with Crippen LogP contribution in [0.1, 0.15) is 27.2 Å². The largest absolute Gasteiger partial charge is 0.311 e. The maximum Gasteiger partial charge on any atom is 0.225 e. The number of hydrogen-bond donors (Lipinski definition) is 1. The van der Waals surface area contributed by atoms with E-state index in [1.807, 2.05) is 13.8 Å². The summed E-state index contributed by atoms with van der Waals surface area (Å²) in [6, 6.07) is 1.65. The lowest BCUT2D eigenvalue weighted by Gasteiger charge is -1.99. The lowest BCUT2D eigenvalue weighted by Crippen LogP contribution is -2.10. The van der Waals surface area contributed by atoms with E-state index in [-0.39, 0.29) is 5.91 Å². The number of hydrogen-bond acceptors (Lipinski definition) is 3. The Morgan fingerprint density at radius 1 is 1.54 bits per heavy atom. The van der Waals surface area contributed by atoms with Crippen molar-refractivity contribution >= 4 is 11.7 Å². The number of carbonyl (C=O) groups is 1. The van der Waals surface area contributed by atoms with Crippen LogP contribution in [0.5, 0.6) is 0 Å². The summed E-state index contributed by atoms with van der Waals surface area (Å²) in [6.07, 6.45) is 3.44. The third kappa shape index (κ3) is 4.90. The monoisotopic (exact) mass is 181 g/mol. The molecule has 1 N–H and O–H groups in total. The first-order chi connectivity index (χ1) is 6.33. The maximum atomic E-state index is 10.8. The predicted molar refractivity (Wildman–Crippen MR) is 52.3 cm³/mol. The summed E-state index contributed by atoms with van der Waals surface area (Å²) >= 11 is 0. The molecule has 72 valence electrons. The molecule has 0 saturated heterocycles. The number of amides is 1. The van der Waals surface area contributed by atoms with Crippen LogP contribution in [0.4, 0.5) is 5.82 Å². The summed E-state index contributed by atoms with van der Waals surface area (Å²) in [4.78, 5) is 18.3. The minimum Gasteiger partial charge on any atom is -0.311 e. The number of aromatic nitrogens is 2. The van der Waals surface area contributed by atoms with Gasteiger partial charge in [0.25, 0.3) is 0 Å². The number of rotatable bonds is 2. The van der Waals surface area contributed by atoms with Crippen molar-refractivity contribution in [2.75, 3.05) is 5.32 Å². The summed E-state index contributed by atoms with van der Waals surface area (Å²) in [7, 11) is 0. The number of anilines is 1. The summed E-state index contributed by atoms with van der Waals surface area (Å²) in [5.74, 6) is 0.510. The Morgan fingerprint density at radius 3 is 2.69 bits per heavy atom. The number of nitrogens with zero attached hydrogens (tertiary/aromatic N) is 2. The van der Waals surface area contributed by atoms with Gasteiger partial charge in [0.2, 0.25) is 5.91 Å². The average molecular weight is 181 g/mol. The van der Waals surface area contributed by atoms with E-state index in [1.165, 1.54) is 6.33 Å². The highest BCUT2D eigenvalue weighted by Crippen LogP contribution is 1.97. The second-order valence-electron chi connectivity index (χ2n) is 2.00. The molecule has 4 nitrogen and oxygen atoms in total. The summed E-state index contributed by atoms with van der Waals surface area (Å²) in [5.41, 5.74) is 0. The molecule has 0 aliphatic carbocycles. The highest BCUT2D eigenvalue weighted by Gasteiger charge is 1.96. The van der Waals surface area contributed by atoms with Crippen molar-refractivity contribution in [1.82, 2.24) is 9.97 Å². The van der Waals surface area contributed by atoms with Crippen molar-refractivity contribution in [1.29, 1.82) is 0 Å². The molecule has 0 atom stereocenters. The van der Waals surface area contributed by atoms with Gasteiger partial charge in [0.1, 0.15) is 12.1 Å². The lowest BCUT2D eigenvalue weighted by molar-refractivity contribution is -0.115. The standard InChI is InChI=1S/C7H9N3O.C2H6/c1-2-7(11)10-6-3-4-8-5-9-6;1-2/h3-5H,2H2,1H3,(H,8,9,10,11);1-2H3. The molecule has 1 rings (SSSR count). The maximum absolute atomic E-state index is 10.8. The van der Waals surface area contributed by atoms with E-state index in [0.717, 1.165) is 0 Å². The van der Waals surface area contributed by atoms with Gasteiger partial charge >= 0.3 is 0 Å². The molecule has 1 aromatic heterocycles. The van der Waals surface area contributed by atoms with Crippen LogP contribution in [0, 0.1) is 0 Å². The van der Waals surface area contributed by atoms with E-state index in [9.17, 15) is 4.79 Å². The van der Waals surface area contributed by atoms with Crippen LogP contribution in [0.2, 0.25) is 0 Å². The molecule has 0 bridgehead atoms. The first-order valence-corrected chi connectivity index (χ1v) is 4.38. The molecule has 0 saturated carbocycles. The highest BCUT2D eigenvalue weighted by atomic mass is 16.1. The second kappa shape index (κ2) is 7.21. The molecule has 0 unspecified atom stereocenters. The van der Waals surface area contributed by atoms with Gasteiger partial charge in [0.15, 0.2) is 0 Å². The van der Waals surface area contributed by atoms with E-state index in [4.69, 9.17) is 0 Å². The van der Waals surface area contributed by atoms with Crippen LogP contribution in [0.3, 0.4) is 0 Å². The van der Waals surface area contributed by atoms with Crippen LogP contribution >= 0.6 is 0 Å². The van der Waals surface area contributed by atoms with Gasteiger partial charge in [0, 0.05) is 12.6 Å². The smallest absolute Gasteiger partial charge is 0.225 e. The fourth-order valence-electron chi connectivity index (χ4n) is 0.596. The predicted octanol–water partition coefficient (Wildman–Crippen LogP) is 1.85. The SMILES string of the molecule is CC.CCC(=O)Nc1ccncn1. The number of carbonyl (C=O) groups excluding carboxylic acids is 1. The summed E-state index contributed by atoms with van der Waals surface area (Å²) in [5, 5.41) is 2.60. The van der Waals surface area contributed by atoms with Crippen molar-refractivity contribution in [3.05, 3.63) is 18.6 Å². The van der Waals surface area contributed by atoms with Gasteiger partial charge in [0.05, 0.1) is 0 Å². The van der Waals surface area contributed by atoms with Crippen LogP contribution < -0.4 is 5.32 Å². The molecule has 0 aliphatic heterocycles. The van der Waals surface area contributed by atoms with Crippen LogP contribution in [-0.4, -0.2) is 15.9 Å². The van der Waals surface area contributed by atoms with Crippen molar-refractivity contribution < 1.29 is 4.79 Å². The molecule has 1 aromatic rings. The quantitative estimate of drug-likeness (QED) is 0.757. The van der Waals surface area contributed by atoms with Crippen molar-refractivity contribution in [2.45, 2.75) is 27.2 Å². The van der Waals surface area contributed by atoms with Crippen LogP contribution in [0.25, 0.3) is 0 Å². The Bertz CT molecular complexity index is 236. The van der Waals surface area contributed by atoms with Crippen molar-refractivity contribution in [3.8, 4) is 0 Å². The molecule has 0 radical (unpaired) electrons. The van der Waals surface area contributed by atoms with E-state index in [0.29, 0.717) is 12.2 Å². The van der Waals surface area contributed by atoms with Crippen LogP contribution in [0.15, 0.2) is 18.6 Å². The molecule has 0 aromatic carbocycles. The van der Waals surface area contributed by atoms with E-state index in [1.54, 1.807) is 19.2 Å². The highest BCUT2D eigenvalue weighted by molar-refractivity contribution is 5.89. The normalized spacial score (nSPS) is 8.23. The molecule has 0 spiro atoms. The molecular formula is C9H15N3O. The molecule has 0 aliphatic rings. The lowest BCUT2D eigenvalue weighted by atomic mass is 10.4. The van der Waals surface area contributed by atoms with Gasteiger partial charge in [-0.1, -0.05) is 20.8 Å².